The SMILES string of the molecule is OCCN1CCN(c2nc(-c3ccc(Cl)cc3)c3ccc(Cl)cc3n2)CC1. The van der Waals surface area contributed by atoms with Crippen molar-refractivity contribution in [2.75, 3.05) is 44.2 Å². The van der Waals surface area contributed by atoms with Crippen LogP contribution in [0.15, 0.2) is 42.5 Å². The molecule has 4 rings (SSSR count). The molecule has 1 N–H and O–H groups in total. The summed E-state index contributed by atoms with van der Waals surface area (Å²) < 4.78 is 0. The first-order chi connectivity index (χ1) is 13.1. The van der Waals surface area contributed by atoms with Crippen molar-refractivity contribution >= 4 is 40.1 Å². The molecule has 3 aromatic rings. The molecule has 0 spiro atoms. The molecule has 0 saturated carbocycles. The highest BCUT2D eigenvalue weighted by Gasteiger charge is 2.20. The predicted octanol–water partition coefficient (Wildman–Crippen LogP) is 3.72. The molecule has 2 aromatic carbocycles. The standard InChI is InChI=1S/C20H20Cl2N4O/c21-15-3-1-14(2-4-15)19-17-6-5-16(22)13-18(17)23-20(24-19)26-9-7-25(8-10-26)11-12-27/h1-6,13,27H,7-12H2. The minimum atomic E-state index is 0.186. The molecule has 0 bridgehead atoms. The Hall–Kier alpha value is -1.92. The van der Waals surface area contributed by atoms with Crippen LogP contribution in [0, 0.1) is 0 Å². The van der Waals surface area contributed by atoms with E-state index in [-0.39, 0.29) is 6.61 Å². The number of rotatable bonds is 4. The van der Waals surface area contributed by atoms with E-state index in [4.69, 9.17) is 38.3 Å². The van der Waals surface area contributed by atoms with E-state index in [1.165, 1.54) is 0 Å². The fraction of sp³-hybridized carbons (Fsp3) is 0.300. The van der Waals surface area contributed by atoms with Gasteiger partial charge in [-0.1, -0.05) is 35.3 Å². The third kappa shape index (κ3) is 4.01. The van der Waals surface area contributed by atoms with Crippen molar-refractivity contribution in [1.82, 2.24) is 14.9 Å². The lowest BCUT2D eigenvalue weighted by molar-refractivity contribution is 0.188. The average molecular weight is 403 g/mol. The number of piperazine rings is 1. The largest absolute Gasteiger partial charge is 0.395 e. The second-order valence-corrected chi connectivity index (χ2v) is 7.47. The molecule has 1 saturated heterocycles. The Bertz CT molecular complexity index is 941. The summed E-state index contributed by atoms with van der Waals surface area (Å²) >= 11 is 12.3. The van der Waals surface area contributed by atoms with Crippen LogP contribution in [0.2, 0.25) is 10.0 Å². The average Bonchev–Trinajstić information content (AvgIpc) is 2.68. The van der Waals surface area contributed by atoms with Crippen LogP contribution < -0.4 is 4.90 Å². The van der Waals surface area contributed by atoms with Gasteiger partial charge < -0.3 is 10.0 Å². The smallest absolute Gasteiger partial charge is 0.226 e. The van der Waals surface area contributed by atoms with Gasteiger partial charge >= 0.3 is 0 Å². The first-order valence-electron chi connectivity index (χ1n) is 8.95. The maximum absolute atomic E-state index is 9.13. The topological polar surface area (TPSA) is 52.5 Å². The first kappa shape index (κ1) is 18.4. The predicted molar refractivity (Wildman–Crippen MR) is 111 cm³/mol. The van der Waals surface area contributed by atoms with Crippen LogP contribution >= 0.6 is 23.2 Å². The number of hydrogen-bond acceptors (Lipinski definition) is 5. The van der Waals surface area contributed by atoms with Crippen molar-refractivity contribution in [2.45, 2.75) is 0 Å². The summed E-state index contributed by atoms with van der Waals surface area (Å²) in [5, 5.41) is 11.4. The molecule has 27 heavy (non-hydrogen) atoms. The maximum atomic E-state index is 9.13. The van der Waals surface area contributed by atoms with Gasteiger partial charge in [-0.25, -0.2) is 9.97 Å². The number of anilines is 1. The summed E-state index contributed by atoms with van der Waals surface area (Å²) in [7, 11) is 0. The molecule has 7 heteroatoms. The number of fused-ring (bicyclic) bond motifs is 1. The van der Waals surface area contributed by atoms with E-state index in [0.29, 0.717) is 22.5 Å². The summed E-state index contributed by atoms with van der Waals surface area (Å²) in [6.07, 6.45) is 0. The van der Waals surface area contributed by atoms with Gasteiger partial charge in [-0.05, 0) is 30.3 Å². The van der Waals surface area contributed by atoms with E-state index in [9.17, 15) is 0 Å². The molecule has 0 atom stereocenters. The number of hydrogen-bond donors (Lipinski definition) is 1. The lowest BCUT2D eigenvalue weighted by Gasteiger charge is -2.34. The number of halogens is 2. The van der Waals surface area contributed by atoms with Crippen molar-refractivity contribution in [2.24, 2.45) is 0 Å². The van der Waals surface area contributed by atoms with Gasteiger partial charge in [0.25, 0.3) is 0 Å². The third-order valence-electron chi connectivity index (χ3n) is 4.84. The van der Waals surface area contributed by atoms with E-state index < -0.39 is 0 Å². The maximum Gasteiger partial charge on any atom is 0.226 e. The minimum Gasteiger partial charge on any atom is -0.395 e. The molecule has 1 aliphatic rings. The van der Waals surface area contributed by atoms with Gasteiger partial charge in [-0.2, -0.15) is 0 Å². The Kier molecular flexibility index (Phi) is 5.45. The zero-order chi connectivity index (χ0) is 18.8. The molecule has 0 radical (unpaired) electrons. The van der Waals surface area contributed by atoms with Crippen molar-refractivity contribution in [3.8, 4) is 11.3 Å². The Morgan fingerprint density at radius 3 is 2.30 bits per heavy atom. The Labute approximate surface area is 168 Å². The van der Waals surface area contributed by atoms with Gasteiger partial charge in [-0.3, -0.25) is 4.90 Å². The van der Waals surface area contributed by atoms with E-state index in [1.54, 1.807) is 0 Å². The number of aliphatic hydroxyl groups excluding tert-OH is 1. The molecule has 2 heterocycles. The number of aliphatic hydroxyl groups is 1. The Morgan fingerprint density at radius 1 is 0.889 bits per heavy atom. The molecular weight excluding hydrogens is 383 g/mol. The molecular formula is C20H20Cl2N4O. The summed E-state index contributed by atoms with van der Waals surface area (Å²) in [5.41, 5.74) is 2.70. The first-order valence-corrected chi connectivity index (χ1v) is 9.71. The van der Waals surface area contributed by atoms with Crippen LogP contribution in [0.25, 0.3) is 22.2 Å². The fourth-order valence-corrected chi connectivity index (χ4v) is 3.66. The van der Waals surface area contributed by atoms with Gasteiger partial charge in [0.1, 0.15) is 0 Å². The van der Waals surface area contributed by atoms with Crippen LogP contribution in [0.1, 0.15) is 0 Å². The molecule has 0 amide bonds. The van der Waals surface area contributed by atoms with Gasteiger partial charge in [0.15, 0.2) is 0 Å². The third-order valence-corrected chi connectivity index (χ3v) is 5.32. The lowest BCUT2D eigenvalue weighted by atomic mass is 10.1. The van der Waals surface area contributed by atoms with Gasteiger partial charge in [0.05, 0.1) is 17.8 Å². The van der Waals surface area contributed by atoms with Crippen molar-refractivity contribution in [1.29, 1.82) is 0 Å². The fourth-order valence-electron chi connectivity index (χ4n) is 3.37. The summed E-state index contributed by atoms with van der Waals surface area (Å²) in [6, 6.07) is 13.4. The highest BCUT2D eigenvalue weighted by Crippen LogP contribution is 2.31. The Balaban J connectivity index is 1.74. The van der Waals surface area contributed by atoms with E-state index in [0.717, 1.165) is 48.3 Å². The van der Waals surface area contributed by atoms with E-state index in [2.05, 4.69) is 9.80 Å². The van der Waals surface area contributed by atoms with Crippen molar-refractivity contribution in [3.63, 3.8) is 0 Å². The normalized spacial score (nSPS) is 15.4. The van der Waals surface area contributed by atoms with Gasteiger partial charge in [0, 0.05) is 53.7 Å². The Morgan fingerprint density at radius 2 is 1.59 bits per heavy atom. The number of benzene rings is 2. The summed E-state index contributed by atoms with van der Waals surface area (Å²) in [6.45, 7) is 4.31. The van der Waals surface area contributed by atoms with Crippen LogP contribution in [0.5, 0.6) is 0 Å². The molecule has 1 aromatic heterocycles. The van der Waals surface area contributed by atoms with Crippen LogP contribution in [0.3, 0.4) is 0 Å². The van der Waals surface area contributed by atoms with Gasteiger partial charge in [0.2, 0.25) is 5.95 Å². The monoisotopic (exact) mass is 402 g/mol. The second-order valence-electron chi connectivity index (χ2n) is 6.59. The van der Waals surface area contributed by atoms with Crippen molar-refractivity contribution < 1.29 is 5.11 Å². The highest BCUT2D eigenvalue weighted by molar-refractivity contribution is 6.31. The minimum absolute atomic E-state index is 0.186. The van der Waals surface area contributed by atoms with Crippen LogP contribution in [-0.4, -0.2) is 59.3 Å². The number of aromatic nitrogens is 2. The second kappa shape index (κ2) is 7.98. The summed E-state index contributed by atoms with van der Waals surface area (Å²) in [5.74, 6) is 0.707. The molecule has 140 valence electrons. The van der Waals surface area contributed by atoms with Crippen molar-refractivity contribution in [3.05, 3.63) is 52.5 Å². The molecule has 0 aliphatic carbocycles. The van der Waals surface area contributed by atoms with Crippen LogP contribution in [0.4, 0.5) is 5.95 Å². The zero-order valence-electron chi connectivity index (χ0n) is 14.8. The quantitative estimate of drug-likeness (QED) is 0.720. The summed E-state index contributed by atoms with van der Waals surface area (Å²) in [4.78, 5) is 14.1. The molecule has 5 nitrogen and oxygen atoms in total. The van der Waals surface area contributed by atoms with E-state index in [1.807, 2.05) is 42.5 Å². The lowest BCUT2D eigenvalue weighted by Crippen LogP contribution is -2.47. The zero-order valence-corrected chi connectivity index (χ0v) is 16.3. The molecule has 0 unspecified atom stereocenters. The number of nitrogens with zero attached hydrogens (tertiary/aromatic N) is 4. The van der Waals surface area contributed by atoms with Crippen LogP contribution in [-0.2, 0) is 0 Å². The molecule has 1 fully saturated rings. The molecule has 1 aliphatic heterocycles. The number of β-amino-alcohol motifs (C(OH)–C–C–N with tert-alkyl or cyclic N) is 1. The van der Waals surface area contributed by atoms with Gasteiger partial charge in [-0.15, -0.1) is 0 Å². The highest BCUT2D eigenvalue weighted by atomic mass is 35.5. The van der Waals surface area contributed by atoms with E-state index >= 15 is 0 Å².